The minimum atomic E-state index is -0.0770. The fourth-order valence-corrected chi connectivity index (χ4v) is 4.05. The summed E-state index contributed by atoms with van der Waals surface area (Å²) in [4.78, 5) is 4.45. The van der Waals surface area contributed by atoms with Gasteiger partial charge < -0.3 is 13.5 Å². The number of hydrogen-bond donors (Lipinski definition) is 0. The average Bonchev–Trinajstić information content (AvgIpc) is 3.47. The van der Waals surface area contributed by atoms with Gasteiger partial charge in [-0.3, -0.25) is 0 Å². The van der Waals surface area contributed by atoms with Gasteiger partial charge in [-0.1, -0.05) is 62.0 Å². The molecular weight excluding hydrogens is 398 g/mol. The Bertz CT molecular complexity index is 1110. The van der Waals surface area contributed by atoms with E-state index < -0.39 is 0 Å². The fourth-order valence-electron chi connectivity index (χ4n) is 3.11. The summed E-state index contributed by atoms with van der Waals surface area (Å²) in [5.74, 6) is 2.40. The predicted octanol–water partition coefficient (Wildman–Crippen LogP) is 5.76. The van der Waals surface area contributed by atoms with Crippen molar-refractivity contribution in [2.24, 2.45) is 0 Å². The molecule has 0 radical (unpaired) electrons. The van der Waals surface area contributed by atoms with Gasteiger partial charge in [-0.2, -0.15) is 4.98 Å². The van der Waals surface area contributed by atoms with Crippen LogP contribution in [0.3, 0.4) is 0 Å². The first-order chi connectivity index (χ1) is 14.4. The third-order valence-electron chi connectivity index (χ3n) is 4.86. The predicted molar refractivity (Wildman–Crippen MR) is 116 cm³/mol. The molecule has 0 aliphatic rings. The van der Waals surface area contributed by atoms with Crippen LogP contribution in [-0.2, 0) is 12.0 Å². The minimum Gasteiger partial charge on any atom is -0.461 e. The molecule has 156 valence electrons. The largest absolute Gasteiger partial charge is 0.461 e. The smallest absolute Gasteiger partial charge is 0.240 e. The van der Waals surface area contributed by atoms with Crippen LogP contribution >= 0.6 is 11.8 Å². The first-order valence-electron chi connectivity index (χ1n) is 9.95. The lowest BCUT2D eigenvalue weighted by molar-refractivity contribution is 0.379. The maximum atomic E-state index is 5.43. The van der Waals surface area contributed by atoms with Gasteiger partial charge in [0.05, 0.1) is 11.5 Å². The van der Waals surface area contributed by atoms with Gasteiger partial charge in [0.15, 0.2) is 16.7 Å². The zero-order chi connectivity index (χ0) is 21.3. The molecule has 0 bridgehead atoms. The van der Waals surface area contributed by atoms with Crippen molar-refractivity contribution in [2.75, 3.05) is 0 Å². The van der Waals surface area contributed by atoms with E-state index in [1.54, 1.807) is 30.2 Å². The first kappa shape index (κ1) is 20.4. The van der Waals surface area contributed by atoms with Crippen LogP contribution in [0.5, 0.6) is 0 Å². The van der Waals surface area contributed by atoms with Crippen molar-refractivity contribution in [3.63, 3.8) is 0 Å². The number of nitrogens with zero attached hydrogens (tertiary/aromatic N) is 5. The summed E-state index contributed by atoms with van der Waals surface area (Å²) in [5.41, 5.74) is 2.46. The molecule has 0 unspecified atom stereocenters. The highest BCUT2D eigenvalue weighted by molar-refractivity contribution is 7.99. The van der Waals surface area contributed by atoms with E-state index in [0.29, 0.717) is 17.5 Å². The maximum absolute atomic E-state index is 5.43. The van der Waals surface area contributed by atoms with Gasteiger partial charge in [-0.05, 0) is 37.0 Å². The van der Waals surface area contributed by atoms with E-state index in [1.807, 2.05) is 6.92 Å². The average molecular weight is 424 g/mol. The zero-order valence-corrected chi connectivity index (χ0v) is 18.6. The molecule has 0 saturated heterocycles. The maximum Gasteiger partial charge on any atom is 0.240 e. The van der Waals surface area contributed by atoms with Crippen molar-refractivity contribution in [1.82, 2.24) is 24.9 Å². The van der Waals surface area contributed by atoms with E-state index in [4.69, 9.17) is 8.94 Å². The van der Waals surface area contributed by atoms with Crippen molar-refractivity contribution in [1.29, 1.82) is 0 Å². The summed E-state index contributed by atoms with van der Waals surface area (Å²) in [5, 5.41) is 13.6. The molecule has 0 amide bonds. The van der Waals surface area contributed by atoms with Crippen LogP contribution in [-0.4, -0.2) is 24.9 Å². The minimum absolute atomic E-state index is 0.0770. The van der Waals surface area contributed by atoms with Gasteiger partial charge in [0.2, 0.25) is 11.7 Å². The third kappa shape index (κ3) is 4.05. The Hall–Kier alpha value is -2.87. The number of rotatable bonds is 6. The summed E-state index contributed by atoms with van der Waals surface area (Å²) < 4.78 is 12.9. The lowest BCUT2D eigenvalue weighted by atomic mass is 9.87. The van der Waals surface area contributed by atoms with Crippen molar-refractivity contribution in [2.45, 2.75) is 57.0 Å². The van der Waals surface area contributed by atoms with E-state index >= 15 is 0 Å². The summed E-state index contributed by atoms with van der Waals surface area (Å²) in [6, 6.07) is 12.1. The Kier molecular flexibility index (Phi) is 5.51. The number of hydrogen-bond acceptors (Lipinski definition) is 7. The molecule has 0 saturated carbocycles. The Morgan fingerprint density at radius 3 is 2.50 bits per heavy atom. The Labute approximate surface area is 179 Å². The molecule has 0 N–H and O–H groups in total. The van der Waals surface area contributed by atoms with Crippen LogP contribution < -0.4 is 0 Å². The Balaban J connectivity index is 1.55. The molecule has 0 aliphatic carbocycles. The first-order valence-corrected chi connectivity index (χ1v) is 10.8. The Morgan fingerprint density at radius 1 is 1.10 bits per heavy atom. The van der Waals surface area contributed by atoms with Crippen molar-refractivity contribution in [3.8, 4) is 23.0 Å². The van der Waals surface area contributed by atoms with Crippen LogP contribution in [0.4, 0.5) is 0 Å². The van der Waals surface area contributed by atoms with Gasteiger partial charge in [0.1, 0.15) is 0 Å². The number of aromatic nitrogens is 5. The van der Waals surface area contributed by atoms with E-state index in [0.717, 1.165) is 23.1 Å². The van der Waals surface area contributed by atoms with E-state index in [-0.39, 0.29) is 10.7 Å². The topological polar surface area (TPSA) is 82.8 Å². The lowest BCUT2D eigenvalue weighted by Gasteiger charge is -2.19. The molecular formula is C22H25N5O2S. The van der Waals surface area contributed by atoms with Crippen molar-refractivity contribution in [3.05, 3.63) is 54.1 Å². The van der Waals surface area contributed by atoms with Crippen LogP contribution in [0.1, 0.15) is 51.3 Å². The molecule has 30 heavy (non-hydrogen) atoms. The molecule has 3 heterocycles. The van der Waals surface area contributed by atoms with Gasteiger partial charge in [-0.25, -0.2) is 0 Å². The summed E-state index contributed by atoms with van der Waals surface area (Å²) in [6.07, 6.45) is 1.59. The molecule has 1 aromatic carbocycles. The van der Waals surface area contributed by atoms with Gasteiger partial charge in [0.25, 0.3) is 0 Å². The highest BCUT2D eigenvalue weighted by atomic mass is 32.2. The fraction of sp³-hybridized carbons (Fsp3) is 0.364. The Morgan fingerprint density at radius 2 is 1.87 bits per heavy atom. The number of thioether (sulfide) groups is 1. The second-order valence-corrected chi connectivity index (χ2v) is 9.38. The molecule has 4 aromatic rings. The molecule has 3 aromatic heterocycles. The molecule has 0 spiro atoms. The van der Waals surface area contributed by atoms with Crippen molar-refractivity contribution < 1.29 is 8.94 Å². The zero-order valence-electron chi connectivity index (χ0n) is 17.8. The molecule has 4 rings (SSSR count). The molecule has 1 atom stereocenters. The summed E-state index contributed by atoms with van der Waals surface area (Å²) in [6.45, 7) is 11.5. The van der Waals surface area contributed by atoms with Gasteiger partial charge in [0, 0.05) is 12.1 Å². The standard InChI is InChI=1S/C22H25N5O2S/c1-6-27-19(15-9-11-16(12-10-15)22(3,4)5)24-25-21(27)30-14(2)20-23-18(26-29-20)17-8-7-13-28-17/h7-14H,6H2,1-5H3/t14-/m0/s1. The number of furan rings is 1. The highest BCUT2D eigenvalue weighted by Crippen LogP contribution is 2.35. The van der Waals surface area contributed by atoms with Crippen molar-refractivity contribution >= 4 is 11.8 Å². The second-order valence-electron chi connectivity index (χ2n) is 8.07. The number of benzene rings is 1. The second kappa shape index (κ2) is 8.10. The SMILES string of the molecule is CCn1c(S[C@@H](C)c2nc(-c3ccco3)no2)nnc1-c1ccc(C(C)(C)C)cc1. The highest BCUT2D eigenvalue weighted by Gasteiger charge is 2.22. The molecule has 0 fully saturated rings. The van der Waals surface area contributed by atoms with E-state index in [9.17, 15) is 0 Å². The van der Waals surface area contributed by atoms with E-state index in [1.165, 1.54) is 5.56 Å². The van der Waals surface area contributed by atoms with Crippen LogP contribution in [0, 0.1) is 0 Å². The monoisotopic (exact) mass is 423 g/mol. The van der Waals surface area contributed by atoms with E-state index in [2.05, 4.69) is 76.9 Å². The summed E-state index contributed by atoms with van der Waals surface area (Å²) in [7, 11) is 0. The van der Waals surface area contributed by atoms with Gasteiger partial charge in [-0.15, -0.1) is 10.2 Å². The van der Waals surface area contributed by atoms with Crippen LogP contribution in [0.25, 0.3) is 23.0 Å². The molecule has 0 aliphatic heterocycles. The third-order valence-corrected chi connectivity index (χ3v) is 5.92. The molecule has 7 nitrogen and oxygen atoms in total. The molecule has 8 heteroatoms. The van der Waals surface area contributed by atoms with Crippen LogP contribution in [0.15, 0.2) is 56.8 Å². The normalized spacial score (nSPS) is 13.0. The van der Waals surface area contributed by atoms with Gasteiger partial charge >= 0.3 is 0 Å². The lowest BCUT2D eigenvalue weighted by Crippen LogP contribution is -2.10. The quantitative estimate of drug-likeness (QED) is 0.365. The van der Waals surface area contributed by atoms with Crippen LogP contribution in [0.2, 0.25) is 0 Å². The summed E-state index contributed by atoms with van der Waals surface area (Å²) >= 11 is 1.54.